The standard InChI is InChI=1S/C16H13N7O/c1-10-13-14(19-9-20-15(13)24-23-10)21-11-3-5-12(6-4-11)22-16-17-7-2-8-18-16/h2-9H,1H3,(H,17,18,22)(H,19,20,21). The smallest absolute Gasteiger partial charge is 0.263 e. The summed E-state index contributed by atoms with van der Waals surface area (Å²) in [7, 11) is 0. The molecule has 0 bridgehead atoms. The molecular formula is C16H13N7O. The number of nitrogens with one attached hydrogen (secondary N) is 2. The highest BCUT2D eigenvalue weighted by atomic mass is 16.5. The first kappa shape index (κ1) is 14.1. The van der Waals surface area contributed by atoms with Gasteiger partial charge < -0.3 is 15.2 Å². The van der Waals surface area contributed by atoms with Gasteiger partial charge in [0.2, 0.25) is 5.95 Å². The molecule has 8 nitrogen and oxygen atoms in total. The Bertz CT molecular complexity index is 967. The van der Waals surface area contributed by atoms with Crippen LogP contribution in [0.3, 0.4) is 0 Å². The minimum absolute atomic E-state index is 0.463. The van der Waals surface area contributed by atoms with Gasteiger partial charge in [-0.25, -0.2) is 15.0 Å². The van der Waals surface area contributed by atoms with Crippen LogP contribution in [0.1, 0.15) is 5.69 Å². The molecule has 0 saturated carbocycles. The maximum absolute atomic E-state index is 5.15. The lowest BCUT2D eigenvalue weighted by molar-refractivity contribution is 0.442. The van der Waals surface area contributed by atoms with Gasteiger partial charge >= 0.3 is 0 Å². The average molecular weight is 319 g/mol. The van der Waals surface area contributed by atoms with Crippen molar-refractivity contribution in [1.29, 1.82) is 0 Å². The molecule has 2 N–H and O–H groups in total. The number of benzene rings is 1. The summed E-state index contributed by atoms with van der Waals surface area (Å²) in [6.07, 6.45) is 4.82. The molecule has 0 spiro atoms. The van der Waals surface area contributed by atoms with Gasteiger partial charge in [-0.3, -0.25) is 0 Å². The van der Waals surface area contributed by atoms with E-state index in [-0.39, 0.29) is 0 Å². The Labute approximate surface area is 137 Å². The number of rotatable bonds is 4. The summed E-state index contributed by atoms with van der Waals surface area (Å²) < 4.78 is 5.15. The maximum Gasteiger partial charge on any atom is 0.263 e. The third-order valence-electron chi connectivity index (χ3n) is 3.41. The van der Waals surface area contributed by atoms with Gasteiger partial charge in [-0.2, -0.15) is 4.98 Å². The number of nitrogens with zero attached hydrogens (tertiary/aromatic N) is 5. The van der Waals surface area contributed by atoms with Gasteiger partial charge in [0.1, 0.15) is 17.5 Å². The van der Waals surface area contributed by atoms with Crippen molar-refractivity contribution in [1.82, 2.24) is 25.1 Å². The summed E-state index contributed by atoms with van der Waals surface area (Å²) in [5, 5.41) is 11.1. The Kier molecular flexibility index (Phi) is 3.47. The molecule has 3 heterocycles. The molecule has 0 atom stereocenters. The first-order chi connectivity index (χ1) is 11.8. The number of aromatic nitrogens is 5. The summed E-state index contributed by atoms with van der Waals surface area (Å²) in [4.78, 5) is 16.6. The van der Waals surface area contributed by atoms with Crippen LogP contribution in [0.5, 0.6) is 0 Å². The van der Waals surface area contributed by atoms with Gasteiger partial charge in [0.15, 0.2) is 0 Å². The Balaban J connectivity index is 1.56. The van der Waals surface area contributed by atoms with Crippen molar-refractivity contribution in [2.75, 3.05) is 10.6 Å². The second kappa shape index (κ2) is 5.92. The quantitative estimate of drug-likeness (QED) is 0.591. The van der Waals surface area contributed by atoms with Crippen LogP contribution in [0.25, 0.3) is 11.1 Å². The highest BCUT2D eigenvalue weighted by molar-refractivity contribution is 5.89. The minimum atomic E-state index is 0.463. The van der Waals surface area contributed by atoms with E-state index in [1.54, 1.807) is 18.5 Å². The van der Waals surface area contributed by atoms with E-state index in [4.69, 9.17) is 4.52 Å². The number of aryl methyl sites for hydroxylation is 1. The molecule has 0 amide bonds. The monoisotopic (exact) mass is 319 g/mol. The Morgan fingerprint density at radius 1 is 0.875 bits per heavy atom. The summed E-state index contributed by atoms with van der Waals surface area (Å²) in [6, 6.07) is 9.49. The molecule has 0 aliphatic heterocycles. The van der Waals surface area contributed by atoms with Crippen LogP contribution in [0.2, 0.25) is 0 Å². The van der Waals surface area contributed by atoms with Crippen LogP contribution in [-0.4, -0.2) is 25.1 Å². The molecule has 0 saturated heterocycles. The van der Waals surface area contributed by atoms with Crippen molar-refractivity contribution >= 4 is 34.2 Å². The Morgan fingerprint density at radius 2 is 1.58 bits per heavy atom. The van der Waals surface area contributed by atoms with Crippen molar-refractivity contribution in [3.63, 3.8) is 0 Å². The number of anilines is 4. The molecule has 0 fully saturated rings. The highest BCUT2D eigenvalue weighted by Crippen LogP contribution is 2.26. The molecule has 118 valence electrons. The van der Waals surface area contributed by atoms with E-state index in [2.05, 4.69) is 35.7 Å². The predicted molar refractivity (Wildman–Crippen MR) is 89.4 cm³/mol. The van der Waals surface area contributed by atoms with E-state index in [1.807, 2.05) is 31.2 Å². The van der Waals surface area contributed by atoms with Crippen LogP contribution < -0.4 is 10.6 Å². The zero-order valence-corrected chi connectivity index (χ0v) is 12.8. The molecule has 0 aliphatic carbocycles. The minimum Gasteiger partial charge on any atom is -0.339 e. The fourth-order valence-electron chi connectivity index (χ4n) is 2.28. The predicted octanol–water partition coefficient (Wildman–Crippen LogP) is 3.20. The number of hydrogen-bond acceptors (Lipinski definition) is 8. The molecule has 4 aromatic rings. The van der Waals surface area contributed by atoms with Gasteiger partial charge in [-0.15, -0.1) is 0 Å². The lowest BCUT2D eigenvalue weighted by Crippen LogP contribution is -1.97. The maximum atomic E-state index is 5.15. The van der Waals surface area contributed by atoms with E-state index >= 15 is 0 Å². The summed E-state index contributed by atoms with van der Waals surface area (Å²) in [5.74, 6) is 1.21. The zero-order chi connectivity index (χ0) is 16.4. The second-order valence-corrected chi connectivity index (χ2v) is 5.07. The number of hydrogen-bond donors (Lipinski definition) is 2. The second-order valence-electron chi connectivity index (χ2n) is 5.07. The molecule has 0 unspecified atom stereocenters. The lowest BCUT2D eigenvalue weighted by Gasteiger charge is -2.08. The Morgan fingerprint density at radius 3 is 2.33 bits per heavy atom. The molecule has 0 radical (unpaired) electrons. The molecule has 8 heteroatoms. The summed E-state index contributed by atoms with van der Waals surface area (Å²) in [5.41, 5.74) is 2.98. The van der Waals surface area contributed by atoms with Crippen molar-refractivity contribution < 1.29 is 4.52 Å². The fourth-order valence-corrected chi connectivity index (χ4v) is 2.28. The lowest BCUT2D eigenvalue weighted by atomic mass is 10.2. The van der Waals surface area contributed by atoms with Crippen molar-refractivity contribution in [2.45, 2.75) is 6.92 Å². The van der Waals surface area contributed by atoms with Crippen LogP contribution in [-0.2, 0) is 0 Å². The van der Waals surface area contributed by atoms with Crippen molar-refractivity contribution in [2.24, 2.45) is 0 Å². The number of fused-ring (bicyclic) bond motifs is 1. The van der Waals surface area contributed by atoms with Crippen LogP contribution in [0.4, 0.5) is 23.1 Å². The molecule has 1 aromatic carbocycles. The van der Waals surface area contributed by atoms with Gasteiger partial charge in [0, 0.05) is 23.8 Å². The fraction of sp³-hybridized carbons (Fsp3) is 0.0625. The third kappa shape index (κ3) is 2.72. The van der Waals surface area contributed by atoms with E-state index in [0.717, 1.165) is 22.5 Å². The molecule has 0 aliphatic rings. The largest absolute Gasteiger partial charge is 0.339 e. The van der Waals surface area contributed by atoms with E-state index in [1.165, 1.54) is 6.33 Å². The van der Waals surface area contributed by atoms with Gasteiger partial charge in [-0.1, -0.05) is 5.16 Å². The van der Waals surface area contributed by atoms with Crippen molar-refractivity contribution in [3.05, 3.63) is 54.7 Å². The molecule has 3 aromatic heterocycles. The van der Waals surface area contributed by atoms with Crippen molar-refractivity contribution in [3.8, 4) is 0 Å². The first-order valence-corrected chi connectivity index (χ1v) is 7.28. The van der Waals surface area contributed by atoms with Gasteiger partial charge in [0.05, 0.1) is 5.69 Å². The van der Waals surface area contributed by atoms with Gasteiger partial charge in [0.25, 0.3) is 5.71 Å². The normalized spacial score (nSPS) is 10.7. The summed E-state index contributed by atoms with van der Waals surface area (Å²) >= 11 is 0. The van der Waals surface area contributed by atoms with E-state index < -0.39 is 0 Å². The van der Waals surface area contributed by atoms with Crippen LogP contribution >= 0.6 is 0 Å². The average Bonchev–Trinajstić information content (AvgIpc) is 3.00. The van der Waals surface area contributed by atoms with E-state index in [0.29, 0.717) is 17.5 Å². The molecule has 24 heavy (non-hydrogen) atoms. The zero-order valence-electron chi connectivity index (χ0n) is 12.8. The van der Waals surface area contributed by atoms with Crippen LogP contribution in [0.15, 0.2) is 53.6 Å². The highest BCUT2D eigenvalue weighted by Gasteiger charge is 2.11. The van der Waals surface area contributed by atoms with Crippen LogP contribution in [0, 0.1) is 6.92 Å². The SMILES string of the molecule is Cc1noc2ncnc(Nc3ccc(Nc4ncccn4)cc3)c12. The first-order valence-electron chi connectivity index (χ1n) is 7.28. The summed E-state index contributed by atoms with van der Waals surface area (Å²) in [6.45, 7) is 1.85. The van der Waals surface area contributed by atoms with Gasteiger partial charge in [-0.05, 0) is 37.3 Å². The topological polar surface area (TPSA) is 102 Å². The third-order valence-corrected chi connectivity index (χ3v) is 3.41. The van der Waals surface area contributed by atoms with E-state index in [9.17, 15) is 0 Å². The molecule has 4 rings (SSSR count). The Hall–Kier alpha value is -3.55. The molecular weight excluding hydrogens is 306 g/mol.